The van der Waals surface area contributed by atoms with Crippen LogP contribution in [0, 0.1) is 13.8 Å². The summed E-state index contributed by atoms with van der Waals surface area (Å²) in [5, 5.41) is 3.20. The van der Waals surface area contributed by atoms with E-state index in [9.17, 15) is 0 Å². The first-order chi connectivity index (χ1) is 10.2. The van der Waals surface area contributed by atoms with Crippen molar-refractivity contribution in [2.75, 3.05) is 5.32 Å². The van der Waals surface area contributed by atoms with Crippen LogP contribution in [-0.2, 0) is 6.54 Å². The molecule has 0 amide bonds. The van der Waals surface area contributed by atoms with Gasteiger partial charge in [-0.3, -0.25) is 0 Å². The van der Waals surface area contributed by atoms with Gasteiger partial charge in [-0.05, 0) is 37.6 Å². The highest BCUT2D eigenvalue weighted by molar-refractivity contribution is 5.53. The first kappa shape index (κ1) is 13.3. The molecule has 2 heterocycles. The molecule has 5 nitrogen and oxygen atoms in total. The predicted molar refractivity (Wildman–Crippen MR) is 82.6 cm³/mol. The minimum Gasteiger partial charge on any atom is -0.331 e. The van der Waals surface area contributed by atoms with Crippen molar-refractivity contribution in [1.29, 1.82) is 0 Å². The summed E-state index contributed by atoms with van der Waals surface area (Å²) >= 11 is 0. The van der Waals surface area contributed by atoms with E-state index in [-0.39, 0.29) is 0 Å². The lowest BCUT2D eigenvalue weighted by Gasteiger charge is -2.08. The van der Waals surface area contributed by atoms with Crippen molar-refractivity contribution >= 4 is 11.6 Å². The Hall–Kier alpha value is -2.69. The van der Waals surface area contributed by atoms with E-state index in [1.165, 1.54) is 5.56 Å². The molecule has 0 saturated carbocycles. The summed E-state index contributed by atoms with van der Waals surface area (Å²) in [6, 6.07) is 10.1. The zero-order valence-corrected chi connectivity index (χ0v) is 12.1. The van der Waals surface area contributed by atoms with Crippen LogP contribution in [0.15, 0.2) is 48.9 Å². The molecule has 0 aliphatic carbocycles. The fourth-order valence-corrected chi connectivity index (χ4v) is 2.10. The molecule has 0 spiro atoms. The Kier molecular flexibility index (Phi) is 3.64. The molecule has 2 aromatic heterocycles. The molecule has 0 bridgehead atoms. The summed E-state index contributed by atoms with van der Waals surface area (Å²) in [6.07, 6.45) is 5.56. The normalized spacial score (nSPS) is 10.6. The van der Waals surface area contributed by atoms with Crippen molar-refractivity contribution < 1.29 is 0 Å². The third kappa shape index (κ3) is 3.25. The minimum atomic E-state index is 0.619. The van der Waals surface area contributed by atoms with E-state index < -0.39 is 0 Å². The molecule has 0 aliphatic rings. The number of nitrogens with zero attached hydrogens (tertiary/aromatic N) is 4. The highest BCUT2D eigenvalue weighted by Gasteiger charge is 2.01. The van der Waals surface area contributed by atoms with Crippen molar-refractivity contribution in [1.82, 2.24) is 19.5 Å². The van der Waals surface area contributed by atoms with Crippen LogP contribution in [0.2, 0.25) is 0 Å². The van der Waals surface area contributed by atoms with Gasteiger partial charge in [0, 0.05) is 36.5 Å². The Morgan fingerprint density at radius 1 is 1.00 bits per heavy atom. The lowest BCUT2D eigenvalue weighted by Crippen LogP contribution is -2.01. The van der Waals surface area contributed by atoms with Gasteiger partial charge in [0.15, 0.2) is 0 Å². The van der Waals surface area contributed by atoms with Crippen molar-refractivity contribution in [2.24, 2.45) is 0 Å². The van der Waals surface area contributed by atoms with Crippen LogP contribution in [0.5, 0.6) is 0 Å². The Bertz CT molecular complexity index is 730. The summed E-state index contributed by atoms with van der Waals surface area (Å²) in [5.41, 5.74) is 3.15. The highest BCUT2D eigenvalue weighted by Crippen LogP contribution is 2.15. The molecule has 0 aliphatic heterocycles. The third-order valence-electron chi connectivity index (χ3n) is 3.28. The average Bonchev–Trinajstić information content (AvgIpc) is 2.87. The molecule has 3 rings (SSSR count). The Balaban J connectivity index is 1.71. The fraction of sp³-hybridized carbons (Fsp3) is 0.188. The van der Waals surface area contributed by atoms with Crippen molar-refractivity contribution in [3.63, 3.8) is 0 Å². The summed E-state index contributed by atoms with van der Waals surface area (Å²) in [4.78, 5) is 12.8. The zero-order valence-electron chi connectivity index (χ0n) is 12.1. The van der Waals surface area contributed by atoms with Crippen LogP contribution in [0.25, 0.3) is 0 Å². The maximum absolute atomic E-state index is 4.33. The van der Waals surface area contributed by atoms with Gasteiger partial charge in [0.25, 0.3) is 0 Å². The zero-order chi connectivity index (χ0) is 14.7. The maximum atomic E-state index is 4.33. The van der Waals surface area contributed by atoms with Crippen LogP contribution in [-0.4, -0.2) is 19.5 Å². The summed E-state index contributed by atoms with van der Waals surface area (Å²) in [6.45, 7) is 4.78. The summed E-state index contributed by atoms with van der Waals surface area (Å²) in [7, 11) is 0. The van der Waals surface area contributed by atoms with E-state index in [0.717, 1.165) is 23.8 Å². The van der Waals surface area contributed by atoms with Gasteiger partial charge in [0.2, 0.25) is 5.95 Å². The quantitative estimate of drug-likeness (QED) is 0.797. The molecule has 21 heavy (non-hydrogen) atoms. The molecule has 0 saturated heterocycles. The number of nitrogens with one attached hydrogen (secondary N) is 1. The van der Waals surface area contributed by atoms with Gasteiger partial charge in [-0.2, -0.15) is 0 Å². The monoisotopic (exact) mass is 279 g/mol. The van der Waals surface area contributed by atoms with Gasteiger partial charge in [-0.15, -0.1) is 0 Å². The second-order valence-corrected chi connectivity index (χ2v) is 4.95. The number of aromatic nitrogens is 4. The second-order valence-electron chi connectivity index (χ2n) is 4.95. The van der Waals surface area contributed by atoms with Gasteiger partial charge in [0.1, 0.15) is 5.82 Å². The fourth-order valence-electron chi connectivity index (χ4n) is 2.10. The van der Waals surface area contributed by atoms with Crippen LogP contribution in [0.3, 0.4) is 0 Å². The van der Waals surface area contributed by atoms with E-state index in [0.29, 0.717) is 5.95 Å². The van der Waals surface area contributed by atoms with E-state index in [2.05, 4.69) is 37.0 Å². The first-order valence-corrected chi connectivity index (χ1v) is 6.84. The SMILES string of the molecule is Cc1ccnc(Nc2ccc(Cn3ccnc3C)cc2)n1. The number of hydrogen-bond donors (Lipinski definition) is 1. The van der Waals surface area contributed by atoms with E-state index >= 15 is 0 Å². The molecule has 0 atom stereocenters. The van der Waals surface area contributed by atoms with Crippen molar-refractivity contribution in [2.45, 2.75) is 20.4 Å². The molecule has 0 radical (unpaired) electrons. The number of anilines is 2. The standard InChI is InChI=1S/C16H17N5/c1-12-7-8-18-16(19-12)20-15-5-3-14(4-6-15)11-21-10-9-17-13(21)2/h3-10H,11H2,1-2H3,(H,18,19,20). The topological polar surface area (TPSA) is 55.6 Å². The first-order valence-electron chi connectivity index (χ1n) is 6.84. The average molecular weight is 279 g/mol. The molecule has 5 heteroatoms. The smallest absolute Gasteiger partial charge is 0.227 e. The summed E-state index contributed by atoms with van der Waals surface area (Å²) in [5.74, 6) is 1.64. The number of rotatable bonds is 4. The molecular weight excluding hydrogens is 262 g/mol. The largest absolute Gasteiger partial charge is 0.331 e. The second kappa shape index (κ2) is 5.75. The molecule has 1 N–H and O–H groups in total. The molecular formula is C16H17N5. The Labute approximate surface area is 123 Å². The Morgan fingerprint density at radius 3 is 2.48 bits per heavy atom. The van der Waals surface area contributed by atoms with Crippen LogP contribution in [0.4, 0.5) is 11.6 Å². The van der Waals surface area contributed by atoms with Crippen molar-refractivity contribution in [3.05, 3.63) is 66.0 Å². The van der Waals surface area contributed by atoms with Crippen LogP contribution in [0.1, 0.15) is 17.1 Å². The van der Waals surface area contributed by atoms with Gasteiger partial charge < -0.3 is 9.88 Å². The number of benzene rings is 1. The lowest BCUT2D eigenvalue weighted by molar-refractivity contribution is 0.762. The van der Waals surface area contributed by atoms with Crippen LogP contribution >= 0.6 is 0 Å². The maximum Gasteiger partial charge on any atom is 0.227 e. The highest BCUT2D eigenvalue weighted by atomic mass is 15.1. The lowest BCUT2D eigenvalue weighted by atomic mass is 10.2. The summed E-state index contributed by atoms with van der Waals surface area (Å²) < 4.78 is 2.12. The predicted octanol–water partition coefficient (Wildman–Crippen LogP) is 3.08. The molecule has 3 aromatic rings. The Morgan fingerprint density at radius 2 is 1.81 bits per heavy atom. The number of aryl methyl sites for hydroxylation is 2. The minimum absolute atomic E-state index is 0.619. The van der Waals surface area contributed by atoms with Gasteiger partial charge in [-0.1, -0.05) is 12.1 Å². The van der Waals surface area contributed by atoms with Crippen LogP contribution < -0.4 is 5.32 Å². The number of imidazole rings is 1. The van der Waals surface area contributed by atoms with E-state index in [4.69, 9.17) is 0 Å². The van der Waals surface area contributed by atoms with Gasteiger partial charge in [-0.25, -0.2) is 15.0 Å². The van der Waals surface area contributed by atoms with Gasteiger partial charge >= 0.3 is 0 Å². The molecule has 0 fully saturated rings. The molecule has 0 unspecified atom stereocenters. The third-order valence-corrected chi connectivity index (χ3v) is 3.28. The molecule has 1 aromatic carbocycles. The van der Waals surface area contributed by atoms with Gasteiger partial charge in [0.05, 0.1) is 0 Å². The van der Waals surface area contributed by atoms with Crippen molar-refractivity contribution in [3.8, 4) is 0 Å². The number of hydrogen-bond acceptors (Lipinski definition) is 4. The van der Waals surface area contributed by atoms with E-state index in [1.807, 2.05) is 44.4 Å². The molecule has 106 valence electrons. The van der Waals surface area contributed by atoms with E-state index in [1.54, 1.807) is 6.20 Å².